The van der Waals surface area contributed by atoms with Crippen LogP contribution in [-0.2, 0) is 9.53 Å². The number of ether oxygens (including phenoxy) is 1. The van der Waals surface area contributed by atoms with Gasteiger partial charge < -0.3 is 15.0 Å². The summed E-state index contributed by atoms with van der Waals surface area (Å²) < 4.78 is 5.85. The van der Waals surface area contributed by atoms with E-state index in [9.17, 15) is 4.79 Å². The molecule has 2 fully saturated rings. The van der Waals surface area contributed by atoms with Gasteiger partial charge in [0.25, 0.3) is 0 Å². The largest absolute Gasteiger partial charge is 0.375 e. The monoisotopic (exact) mass is 324 g/mol. The van der Waals surface area contributed by atoms with Gasteiger partial charge in [0, 0.05) is 25.2 Å². The Morgan fingerprint density at radius 2 is 1.65 bits per heavy atom. The first-order chi connectivity index (χ1) is 10.5. The van der Waals surface area contributed by atoms with E-state index in [1.54, 1.807) is 0 Å². The standard InChI is InChI=1S/C19H36N2O2/c1-13(2)21-10-14-8-9-15(11-21)16(14)20-17(22)19(6,7)12-23-18(3,4)5/h13-16H,8-12H2,1-7H3,(H,20,22)/t14-,15+,16?. The predicted molar refractivity (Wildman–Crippen MR) is 94.3 cm³/mol. The van der Waals surface area contributed by atoms with Crippen molar-refractivity contribution in [1.82, 2.24) is 10.2 Å². The Morgan fingerprint density at radius 3 is 2.09 bits per heavy atom. The maximum Gasteiger partial charge on any atom is 0.228 e. The first kappa shape index (κ1) is 18.7. The Labute approximate surface area is 142 Å². The molecule has 1 saturated heterocycles. The first-order valence-electron chi connectivity index (χ1n) is 9.18. The van der Waals surface area contributed by atoms with E-state index < -0.39 is 5.41 Å². The summed E-state index contributed by atoms with van der Waals surface area (Å²) >= 11 is 0. The van der Waals surface area contributed by atoms with Crippen LogP contribution in [0.25, 0.3) is 0 Å². The van der Waals surface area contributed by atoms with Gasteiger partial charge in [-0.1, -0.05) is 0 Å². The maximum atomic E-state index is 12.8. The average Bonchev–Trinajstić information content (AvgIpc) is 2.66. The molecule has 2 rings (SSSR count). The van der Waals surface area contributed by atoms with Crippen molar-refractivity contribution in [3.8, 4) is 0 Å². The Balaban J connectivity index is 1.93. The molecule has 0 spiro atoms. The van der Waals surface area contributed by atoms with Gasteiger partial charge in [-0.2, -0.15) is 0 Å². The molecule has 1 unspecified atom stereocenters. The van der Waals surface area contributed by atoms with Crippen LogP contribution in [0.5, 0.6) is 0 Å². The van der Waals surface area contributed by atoms with Crippen molar-refractivity contribution in [3.63, 3.8) is 0 Å². The molecule has 1 aliphatic carbocycles. The molecule has 1 saturated carbocycles. The molecule has 4 nitrogen and oxygen atoms in total. The fourth-order valence-electron chi connectivity index (χ4n) is 3.73. The van der Waals surface area contributed by atoms with Crippen LogP contribution >= 0.6 is 0 Å². The zero-order chi connectivity index (χ0) is 17.4. The van der Waals surface area contributed by atoms with Crippen LogP contribution in [0.4, 0.5) is 0 Å². The summed E-state index contributed by atoms with van der Waals surface area (Å²) in [4.78, 5) is 15.3. The maximum absolute atomic E-state index is 12.8. The molecule has 1 aliphatic heterocycles. The lowest BCUT2D eigenvalue weighted by molar-refractivity contribution is -0.137. The summed E-state index contributed by atoms with van der Waals surface area (Å²) in [5.74, 6) is 1.36. The fourth-order valence-corrected chi connectivity index (χ4v) is 3.73. The quantitative estimate of drug-likeness (QED) is 0.845. The highest BCUT2D eigenvalue weighted by Crippen LogP contribution is 2.38. The molecule has 2 bridgehead atoms. The zero-order valence-electron chi connectivity index (χ0n) is 16.1. The lowest BCUT2D eigenvalue weighted by atomic mass is 9.88. The highest BCUT2D eigenvalue weighted by Gasteiger charge is 2.44. The summed E-state index contributed by atoms with van der Waals surface area (Å²) in [6.45, 7) is 17.3. The molecule has 0 radical (unpaired) electrons. The molecule has 23 heavy (non-hydrogen) atoms. The molecule has 1 heterocycles. The van der Waals surface area contributed by atoms with Crippen molar-refractivity contribution in [3.05, 3.63) is 0 Å². The topological polar surface area (TPSA) is 41.6 Å². The third kappa shape index (κ3) is 4.69. The van der Waals surface area contributed by atoms with Crippen molar-refractivity contribution >= 4 is 5.91 Å². The highest BCUT2D eigenvalue weighted by atomic mass is 16.5. The van der Waals surface area contributed by atoms with Crippen LogP contribution in [0.1, 0.15) is 61.3 Å². The van der Waals surface area contributed by atoms with Crippen LogP contribution in [0.15, 0.2) is 0 Å². The Hall–Kier alpha value is -0.610. The number of hydrogen-bond acceptors (Lipinski definition) is 3. The molecule has 3 atom stereocenters. The third-order valence-electron chi connectivity index (χ3n) is 5.37. The van der Waals surface area contributed by atoms with Crippen LogP contribution < -0.4 is 5.32 Å². The van der Waals surface area contributed by atoms with Gasteiger partial charge >= 0.3 is 0 Å². The smallest absolute Gasteiger partial charge is 0.228 e. The number of fused-ring (bicyclic) bond motifs is 2. The van der Waals surface area contributed by atoms with Crippen molar-refractivity contribution in [1.29, 1.82) is 0 Å². The van der Waals surface area contributed by atoms with Crippen molar-refractivity contribution in [2.75, 3.05) is 19.7 Å². The van der Waals surface area contributed by atoms with Crippen LogP contribution in [-0.4, -0.2) is 48.2 Å². The van der Waals surface area contributed by atoms with E-state index in [0.717, 1.165) is 13.1 Å². The minimum absolute atomic E-state index is 0.140. The van der Waals surface area contributed by atoms with Crippen molar-refractivity contribution in [2.24, 2.45) is 17.3 Å². The zero-order valence-corrected chi connectivity index (χ0v) is 16.1. The minimum Gasteiger partial charge on any atom is -0.375 e. The highest BCUT2D eigenvalue weighted by molar-refractivity contribution is 5.82. The molecule has 0 aromatic rings. The molecule has 0 aromatic heterocycles. The second-order valence-corrected chi connectivity index (χ2v) is 9.43. The summed E-state index contributed by atoms with van der Waals surface area (Å²) in [7, 11) is 0. The lowest BCUT2D eigenvalue weighted by Crippen LogP contribution is -2.56. The van der Waals surface area contributed by atoms with Crippen LogP contribution in [0.2, 0.25) is 0 Å². The number of nitrogens with zero attached hydrogens (tertiary/aromatic N) is 1. The van der Waals surface area contributed by atoms with Gasteiger partial charge in [-0.15, -0.1) is 0 Å². The van der Waals surface area contributed by atoms with Gasteiger partial charge in [-0.25, -0.2) is 0 Å². The molecule has 2 aliphatic rings. The van der Waals surface area contributed by atoms with Crippen LogP contribution in [0.3, 0.4) is 0 Å². The Morgan fingerprint density at radius 1 is 1.13 bits per heavy atom. The summed E-state index contributed by atoms with van der Waals surface area (Å²) in [6.07, 6.45) is 2.50. The van der Waals surface area contributed by atoms with Gasteiger partial charge in [0.15, 0.2) is 0 Å². The summed E-state index contributed by atoms with van der Waals surface area (Å²) in [5.41, 5.74) is -0.693. The lowest BCUT2D eigenvalue weighted by Gasteiger charge is -2.41. The normalized spacial score (nSPS) is 29.1. The van der Waals surface area contributed by atoms with E-state index in [0.29, 0.717) is 30.5 Å². The second kappa shape index (κ2) is 6.72. The average molecular weight is 325 g/mol. The number of piperidine rings is 1. The van der Waals surface area contributed by atoms with E-state index in [-0.39, 0.29) is 11.5 Å². The first-order valence-corrected chi connectivity index (χ1v) is 9.18. The molecule has 1 amide bonds. The van der Waals surface area contributed by atoms with Gasteiger partial charge in [0.2, 0.25) is 5.91 Å². The number of hydrogen-bond donors (Lipinski definition) is 1. The molecule has 0 aromatic carbocycles. The number of carbonyl (C=O) groups excluding carboxylic acids is 1. The fraction of sp³-hybridized carbons (Fsp3) is 0.947. The van der Waals surface area contributed by atoms with Crippen LogP contribution in [0, 0.1) is 17.3 Å². The SMILES string of the molecule is CC(C)N1C[C@H]2CC[C@@H](C1)C2NC(=O)C(C)(C)COC(C)(C)C. The molecular formula is C19H36N2O2. The molecule has 4 heteroatoms. The third-order valence-corrected chi connectivity index (χ3v) is 5.37. The Bertz CT molecular complexity index is 412. The van der Waals surface area contributed by atoms with Gasteiger partial charge in [-0.3, -0.25) is 4.79 Å². The second-order valence-electron chi connectivity index (χ2n) is 9.43. The van der Waals surface area contributed by atoms with E-state index in [1.165, 1.54) is 12.8 Å². The van der Waals surface area contributed by atoms with Crippen molar-refractivity contribution < 1.29 is 9.53 Å². The number of nitrogens with one attached hydrogen (secondary N) is 1. The predicted octanol–water partition coefficient (Wildman–Crippen LogP) is 3.06. The molecule has 134 valence electrons. The van der Waals surface area contributed by atoms with E-state index in [1.807, 2.05) is 34.6 Å². The van der Waals surface area contributed by atoms with Gasteiger partial charge in [-0.05, 0) is 73.1 Å². The Kier molecular flexibility index (Phi) is 5.47. The molecule has 1 N–H and O–H groups in total. The number of amides is 1. The number of carbonyl (C=O) groups is 1. The van der Waals surface area contributed by atoms with Gasteiger partial charge in [0.05, 0.1) is 17.6 Å². The van der Waals surface area contributed by atoms with E-state index in [4.69, 9.17) is 4.74 Å². The minimum atomic E-state index is -0.484. The number of rotatable bonds is 5. The summed E-state index contributed by atoms with van der Waals surface area (Å²) in [6, 6.07) is 0.956. The van der Waals surface area contributed by atoms with E-state index in [2.05, 4.69) is 24.1 Å². The molecular weight excluding hydrogens is 288 g/mol. The number of likely N-dealkylation sites (tertiary alicyclic amines) is 1. The van der Waals surface area contributed by atoms with Crippen molar-refractivity contribution in [2.45, 2.75) is 79.0 Å². The van der Waals surface area contributed by atoms with E-state index >= 15 is 0 Å². The summed E-state index contributed by atoms with van der Waals surface area (Å²) in [5, 5.41) is 3.37. The van der Waals surface area contributed by atoms with Gasteiger partial charge in [0.1, 0.15) is 0 Å².